The van der Waals surface area contributed by atoms with E-state index in [-0.39, 0.29) is 5.41 Å². The summed E-state index contributed by atoms with van der Waals surface area (Å²) in [5, 5.41) is 0. The van der Waals surface area contributed by atoms with Crippen molar-refractivity contribution < 1.29 is 9.47 Å². The van der Waals surface area contributed by atoms with Crippen LogP contribution in [0.25, 0.3) is 0 Å². The minimum atomic E-state index is 0.213. The molecule has 2 unspecified atom stereocenters. The number of ether oxygens (including phenoxy) is 2. The zero-order valence-corrected chi connectivity index (χ0v) is 16.9. The molecule has 0 heterocycles. The lowest BCUT2D eigenvalue weighted by atomic mass is 9.55. The van der Waals surface area contributed by atoms with Crippen LogP contribution in [0.5, 0.6) is 11.5 Å². The van der Waals surface area contributed by atoms with E-state index < -0.39 is 0 Å². The van der Waals surface area contributed by atoms with Crippen molar-refractivity contribution in [3.05, 3.63) is 34.9 Å². The highest BCUT2D eigenvalue weighted by molar-refractivity contribution is 5.43. The van der Waals surface area contributed by atoms with Gasteiger partial charge in [0.25, 0.3) is 0 Å². The summed E-state index contributed by atoms with van der Waals surface area (Å²) in [7, 11) is 3.51. The van der Waals surface area contributed by atoms with E-state index >= 15 is 0 Å². The lowest BCUT2D eigenvalue weighted by Crippen LogP contribution is -2.39. The topological polar surface area (TPSA) is 18.5 Å². The summed E-state index contributed by atoms with van der Waals surface area (Å²) < 4.78 is 11.1. The van der Waals surface area contributed by atoms with Crippen LogP contribution in [-0.4, -0.2) is 14.2 Å². The van der Waals surface area contributed by atoms with Gasteiger partial charge in [-0.05, 0) is 79.0 Å². The van der Waals surface area contributed by atoms with E-state index in [1.807, 2.05) is 12.1 Å². The van der Waals surface area contributed by atoms with E-state index in [1.165, 1.54) is 37.7 Å². The molecular weight excluding hydrogens is 308 g/mol. The lowest BCUT2D eigenvalue weighted by molar-refractivity contribution is 0.178. The Bertz CT molecular complexity index is 671. The molecule has 1 aromatic carbocycles. The van der Waals surface area contributed by atoms with Crippen LogP contribution in [0.1, 0.15) is 65.4 Å². The predicted molar refractivity (Wildman–Crippen MR) is 104 cm³/mol. The van der Waals surface area contributed by atoms with Crippen LogP contribution in [0.2, 0.25) is 0 Å². The molecule has 0 aromatic heterocycles. The van der Waals surface area contributed by atoms with Gasteiger partial charge in [-0.2, -0.15) is 0 Å². The molecule has 0 saturated heterocycles. The summed E-state index contributed by atoms with van der Waals surface area (Å²) in [5.41, 5.74) is 5.35. The number of benzene rings is 1. The van der Waals surface area contributed by atoms with Gasteiger partial charge >= 0.3 is 0 Å². The Hall–Kier alpha value is -1.44. The first-order valence-corrected chi connectivity index (χ1v) is 9.75. The van der Waals surface area contributed by atoms with Gasteiger partial charge in [-0.15, -0.1) is 0 Å². The van der Waals surface area contributed by atoms with Crippen LogP contribution in [0.3, 0.4) is 0 Å². The van der Waals surface area contributed by atoms with Crippen LogP contribution in [0, 0.1) is 16.7 Å². The maximum atomic E-state index is 5.67. The molecule has 0 amide bonds. The molecule has 0 fully saturated rings. The van der Waals surface area contributed by atoms with Crippen LogP contribution in [-0.2, 0) is 6.42 Å². The lowest BCUT2D eigenvalue weighted by Gasteiger charge is -2.50. The molecule has 0 saturated carbocycles. The van der Waals surface area contributed by atoms with Gasteiger partial charge in [-0.25, -0.2) is 0 Å². The van der Waals surface area contributed by atoms with Gasteiger partial charge < -0.3 is 9.47 Å². The number of rotatable bonds is 4. The Balaban J connectivity index is 2.05. The standard InChI is InChI=1S/C23H34O2/c1-16-9-11-19-20(8-7-13-22(19,2)3)23(16,4)15-17-14-18(24-5)10-12-21(17)25-6/h10,12,14,16H,7-9,11,13,15H2,1-6H3. The fourth-order valence-corrected chi connectivity index (χ4v) is 5.21. The fourth-order valence-electron chi connectivity index (χ4n) is 5.21. The summed E-state index contributed by atoms with van der Waals surface area (Å²) in [6.07, 6.45) is 7.54. The summed E-state index contributed by atoms with van der Waals surface area (Å²) in [6, 6.07) is 6.20. The average Bonchev–Trinajstić information content (AvgIpc) is 2.58. The van der Waals surface area contributed by atoms with Crippen molar-refractivity contribution in [2.45, 2.75) is 66.2 Å². The molecule has 1 aromatic rings. The number of hydrogen-bond donors (Lipinski definition) is 0. The van der Waals surface area contributed by atoms with E-state index in [1.54, 1.807) is 25.4 Å². The molecule has 0 radical (unpaired) electrons. The van der Waals surface area contributed by atoms with Crippen molar-refractivity contribution in [1.82, 2.24) is 0 Å². The van der Waals surface area contributed by atoms with Crippen molar-refractivity contribution in [2.75, 3.05) is 14.2 Å². The SMILES string of the molecule is COc1ccc(OC)c(CC2(C)C3=C(CCC2C)C(C)(C)CCC3)c1. The van der Waals surface area contributed by atoms with Crippen LogP contribution in [0.4, 0.5) is 0 Å². The van der Waals surface area contributed by atoms with Gasteiger partial charge in [0, 0.05) is 0 Å². The fraction of sp³-hybridized carbons (Fsp3) is 0.652. The third kappa shape index (κ3) is 3.20. The zero-order valence-electron chi connectivity index (χ0n) is 16.9. The van der Waals surface area contributed by atoms with Gasteiger partial charge in [0.1, 0.15) is 11.5 Å². The van der Waals surface area contributed by atoms with Crippen molar-refractivity contribution in [3.63, 3.8) is 0 Å². The molecule has 2 aliphatic carbocycles. The van der Waals surface area contributed by atoms with Gasteiger partial charge in [0.15, 0.2) is 0 Å². The third-order valence-corrected chi connectivity index (χ3v) is 7.06. The van der Waals surface area contributed by atoms with Gasteiger partial charge in [-0.3, -0.25) is 0 Å². The Morgan fingerprint density at radius 1 is 1.04 bits per heavy atom. The predicted octanol–water partition coefficient (Wildman–Crippen LogP) is 6.19. The molecule has 2 atom stereocenters. The Morgan fingerprint density at radius 2 is 1.80 bits per heavy atom. The second-order valence-corrected chi connectivity index (χ2v) is 8.91. The quantitative estimate of drug-likeness (QED) is 0.607. The third-order valence-electron chi connectivity index (χ3n) is 7.06. The van der Waals surface area contributed by atoms with E-state index in [0.717, 1.165) is 17.9 Å². The Kier molecular flexibility index (Phi) is 4.92. The van der Waals surface area contributed by atoms with E-state index in [4.69, 9.17) is 9.47 Å². The molecule has 0 aliphatic heterocycles. The van der Waals surface area contributed by atoms with E-state index in [0.29, 0.717) is 11.3 Å². The smallest absolute Gasteiger partial charge is 0.122 e. The summed E-state index contributed by atoms with van der Waals surface area (Å²) in [5.74, 6) is 2.59. The van der Waals surface area contributed by atoms with E-state index in [2.05, 4.69) is 33.8 Å². The maximum absolute atomic E-state index is 5.67. The molecule has 25 heavy (non-hydrogen) atoms. The van der Waals surface area contributed by atoms with Crippen molar-refractivity contribution in [2.24, 2.45) is 16.7 Å². The summed E-state index contributed by atoms with van der Waals surface area (Å²) >= 11 is 0. The molecule has 0 bridgehead atoms. The van der Waals surface area contributed by atoms with Gasteiger partial charge in [0.05, 0.1) is 14.2 Å². The monoisotopic (exact) mass is 342 g/mol. The molecule has 2 nitrogen and oxygen atoms in total. The van der Waals surface area contributed by atoms with E-state index in [9.17, 15) is 0 Å². The summed E-state index contributed by atoms with van der Waals surface area (Å²) in [4.78, 5) is 0. The minimum Gasteiger partial charge on any atom is -0.497 e. The normalized spacial score (nSPS) is 28.5. The number of hydrogen-bond acceptors (Lipinski definition) is 2. The highest BCUT2D eigenvalue weighted by Gasteiger charge is 2.44. The van der Waals surface area contributed by atoms with Gasteiger partial charge in [0.2, 0.25) is 0 Å². The Labute approximate surface area is 153 Å². The largest absolute Gasteiger partial charge is 0.497 e. The average molecular weight is 343 g/mol. The summed E-state index contributed by atoms with van der Waals surface area (Å²) in [6.45, 7) is 9.83. The van der Waals surface area contributed by atoms with Crippen LogP contribution in [0.15, 0.2) is 29.3 Å². The first-order valence-electron chi connectivity index (χ1n) is 9.75. The molecule has 0 spiro atoms. The first kappa shape index (κ1) is 18.4. The second kappa shape index (κ2) is 6.70. The number of methoxy groups -OCH3 is 2. The molecule has 2 heteroatoms. The molecule has 2 aliphatic rings. The van der Waals surface area contributed by atoms with Crippen molar-refractivity contribution >= 4 is 0 Å². The Morgan fingerprint density at radius 3 is 2.48 bits per heavy atom. The second-order valence-electron chi connectivity index (χ2n) is 8.91. The highest BCUT2D eigenvalue weighted by Crippen LogP contribution is 2.56. The zero-order chi connectivity index (χ0) is 18.2. The first-order chi connectivity index (χ1) is 11.8. The van der Waals surface area contributed by atoms with Crippen LogP contribution >= 0.6 is 0 Å². The van der Waals surface area contributed by atoms with Crippen molar-refractivity contribution in [3.8, 4) is 11.5 Å². The molecule has 138 valence electrons. The molecule has 0 N–H and O–H groups in total. The van der Waals surface area contributed by atoms with Gasteiger partial charge in [-0.1, -0.05) is 38.8 Å². The van der Waals surface area contributed by atoms with Crippen LogP contribution < -0.4 is 9.47 Å². The minimum absolute atomic E-state index is 0.213. The maximum Gasteiger partial charge on any atom is 0.122 e. The highest BCUT2D eigenvalue weighted by atomic mass is 16.5. The molecular formula is C23H34O2. The molecule has 3 rings (SSSR count). The van der Waals surface area contributed by atoms with Crippen molar-refractivity contribution in [1.29, 1.82) is 0 Å². The number of allylic oxidation sites excluding steroid dienone is 2.